The fourth-order valence-corrected chi connectivity index (χ4v) is 1.39. The highest BCUT2D eigenvalue weighted by Crippen LogP contribution is 2.05. The first-order valence-corrected chi connectivity index (χ1v) is 4.15. The molecular weight excluding hydrogens is 172 g/mol. The van der Waals surface area contributed by atoms with Crippen LogP contribution in [0, 0.1) is 0 Å². The summed E-state index contributed by atoms with van der Waals surface area (Å²) in [6, 6.07) is -0.671. The quantitative estimate of drug-likeness (QED) is 0.474. The molecule has 0 radical (unpaired) electrons. The van der Waals surface area contributed by atoms with Crippen molar-refractivity contribution in [2.45, 2.75) is 12.5 Å². The maximum Gasteiger partial charge on any atom is 0.318 e. The highest BCUT2D eigenvalue weighted by atomic mass is 16.2. The van der Waals surface area contributed by atoms with E-state index >= 15 is 0 Å². The average Bonchev–Trinajstić information content (AvgIpc) is 2.33. The van der Waals surface area contributed by atoms with Gasteiger partial charge in [0.2, 0.25) is 5.91 Å². The van der Waals surface area contributed by atoms with Crippen LogP contribution in [0.25, 0.3) is 0 Å². The molecule has 0 aromatic carbocycles. The van der Waals surface area contributed by atoms with E-state index in [2.05, 4.69) is 0 Å². The van der Waals surface area contributed by atoms with Crippen LogP contribution in [-0.4, -0.2) is 42.5 Å². The first kappa shape index (κ1) is 9.94. The second-order valence-corrected chi connectivity index (χ2v) is 3.20. The molecule has 13 heavy (non-hydrogen) atoms. The van der Waals surface area contributed by atoms with E-state index in [1.807, 2.05) is 10.2 Å². The SMILES string of the molecule is NC(=O)NC(=O)CN1CCC(N)C1. The maximum absolute atomic E-state index is 11.0. The molecule has 1 fully saturated rings. The number of hydrogen-bond donors (Lipinski definition) is 3. The summed E-state index contributed by atoms with van der Waals surface area (Å²) in [4.78, 5) is 23.2. The third kappa shape index (κ3) is 3.39. The summed E-state index contributed by atoms with van der Waals surface area (Å²) in [5.41, 5.74) is 10.4. The number of urea groups is 1. The zero-order valence-electron chi connectivity index (χ0n) is 7.32. The summed E-state index contributed by atoms with van der Waals surface area (Å²) >= 11 is 0. The van der Waals surface area contributed by atoms with Gasteiger partial charge in [-0.2, -0.15) is 0 Å². The Morgan fingerprint density at radius 1 is 1.54 bits per heavy atom. The van der Waals surface area contributed by atoms with Gasteiger partial charge in [0.05, 0.1) is 6.54 Å². The van der Waals surface area contributed by atoms with Gasteiger partial charge in [-0.1, -0.05) is 0 Å². The third-order valence-electron chi connectivity index (χ3n) is 1.94. The Morgan fingerprint density at radius 3 is 2.69 bits per heavy atom. The lowest BCUT2D eigenvalue weighted by atomic mass is 10.3. The molecule has 1 heterocycles. The van der Waals surface area contributed by atoms with E-state index in [-0.39, 0.29) is 18.5 Å². The normalized spacial score (nSPS) is 23.0. The zero-order chi connectivity index (χ0) is 9.84. The van der Waals surface area contributed by atoms with Crippen molar-refractivity contribution >= 4 is 11.9 Å². The molecule has 1 unspecified atom stereocenters. The molecule has 1 saturated heterocycles. The van der Waals surface area contributed by atoms with Crippen LogP contribution in [0.1, 0.15) is 6.42 Å². The Bertz CT molecular complexity index is 219. The minimum Gasteiger partial charge on any atom is -0.351 e. The predicted octanol–water partition coefficient (Wildman–Crippen LogP) is -1.79. The number of likely N-dealkylation sites (tertiary alicyclic amines) is 1. The van der Waals surface area contributed by atoms with E-state index in [0.717, 1.165) is 13.0 Å². The molecule has 0 saturated carbocycles. The van der Waals surface area contributed by atoms with Gasteiger partial charge in [-0.3, -0.25) is 15.0 Å². The Balaban J connectivity index is 2.24. The monoisotopic (exact) mass is 186 g/mol. The number of primary amides is 1. The lowest BCUT2D eigenvalue weighted by Gasteiger charge is -2.13. The largest absolute Gasteiger partial charge is 0.351 e. The van der Waals surface area contributed by atoms with Crippen molar-refractivity contribution in [3.63, 3.8) is 0 Å². The molecule has 5 N–H and O–H groups in total. The number of hydrogen-bond acceptors (Lipinski definition) is 4. The van der Waals surface area contributed by atoms with Gasteiger partial charge in [-0.05, 0) is 6.42 Å². The van der Waals surface area contributed by atoms with Crippen LogP contribution in [0.4, 0.5) is 4.79 Å². The van der Waals surface area contributed by atoms with Gasteiger partial charge in [-0.15, -0.1) is 0 Å². The molecule has 0 aromatic heterocycles. The summed E-state index contributed by atoms with van der Waals surface area (Å²) < 4.78 is 0. The molecule has 0 spiro atoms. The Labute approximate surface area is 76.2 Å². The van der Waals surface area contributed by atoms with Crippen LogP contribution in [0.3, 0.4) is 0 Å². The number of amides is 3. The summed E-state index contributed by atoms with van der Waals surface area (Å²) in [6.07, 6.45) is 0.893. The number of nitrogens with zero attached hydrogens (tertiary/aromatic N) is 1. The molecule has 74 valence electrons. The van der Waals surface area contributed by atoms with E-state index in [1.165, 1.54) is 0 Å². The highest BCUT2D eigenvalue weighted by molar-refractivity contribution is 5.94. The lowest BCUT2D eigenvalue weighted by Crippen LogP contribution is -2.42. The number of imide groups is 1. The van der Waals surface area contributed by atoms with Gasteiger partial charge >= 0.3 is 6.03 Å². The van der Waals surface area contributed by atoms with E-state index in [1.54, 1.807) is 0 Å². The lowest BCUT2D eigenvalue weighted by molar-refractivity contribution is -0.120. The molecule has 1 aliphatic rings. The molecule has 1 rings (SSSR count). The van der Waals surface area contributed by atoms with Gasteiger partial charge in [0, 0.05) is 19.1 Å². The average molecular weight is 186 g/mol. The van der Waals surface area contributed by atoms with E-state index in [9.17, 15) is 9.59 Å². The molecule has 1 aliphatic heterocycles. The number of carbonyl (C=O) groups is 2. The topological polar surface area (TPSA) is 101 Å². The highest BCUT2D eigenvalue weighted by Gasteiger charge is 2.21. The van der Waals surface area contributed by atoms with Crippen LogP contribution in [0.15, 0.2) is 0 Å². The standard InChI is InChI=1S/C7H14N4O2/c8-5-1-2-11(3-5)4-6(12)10-7(9)13/h5H,1-4,8H2,(H3,9,10,12,13). The number of nitrogens with one attached hydrogen (secondary N) is 1. The summed E-state index contributed by atoms with van der Waals surface area (Å²) in [5.74, 6) is -0.374. The van der Waals surface area contributed by atoms with E-state index in [4.69, 9.17) is 11.5 Å². The van der Waals surface area contributed by atoms with Crippen LogP contribution in [0.2, 0.25) is 0 Å². The molecule has 1 atom stereocenters. The Hall–Kier alpha value is -1.14. The van der Waals surface area contributed by atoms with Crippen molar-refractivity contribution in [3.8, 4) is 0 Å². The number of carbonyl (C=O) groups excluding carboxylic acids is 2. The molecule has 3 amide bonds. The van der Waals surface area contributed by atoms with Gasteiger partial charge in [-0.25, -0.2) is 4.79 Å². The summed E-state index contributed by atoms with van der Waals surface area (Å²) in [5, 5.41) is 2.00. The van der Waals surface area contributed by atoms with Crippen molar-refractivity contribution in [3.05, 3.63) is 0 Å². The van der Waals surface area contributed by atoms with Gasteiger partial charge < -0.3 is 11.5 Å². The number of nitrogens with two attached hydrogens (primary N) is 2. The van der Waals surface area contributed by atoms with Crippen molar-refractivity contribution < 1.29 is 9.59 Å². The smallest absolute Gasteiger partial charge is 0.318 e. The first-order chi connectivity index (χ1) is 6.08. The molecule has 0 aromatic rings. The molecule has 0 bridgehead atoms. The van der Waals surface area contributed by atoms with Gasteiger partial charge in [0.15, 0.2) is 0 Å². The zero-order valence-corrected chi connectivity index (χ0v) is 7.32. The minimum atomic E-state index is -0.812. The van der Waals surface area contributed by atoms with E-state index < -0.39 is 6.03 Å². The second-order valence-electron chi connectivity index (χ2n) is 3.20. The van der Waals surface area contributed by atoms with Gasteiger partial charge in [0.1, 0.15) is 0 Å². The van der Waals surface area contributed by atoms with Crippen LogP contribution < -0.4 is 16.8 Å². The van der Waals surface area contributed by atoms with Crippen molar-refractivity contribution in [1.29, 1.82) is 0 Å². The van der Waals surface area contributed by atoms with Gasteiger partial charge in [0.25, 0.3) is 0 Å². The van der Waals surface area contributed by atoms with Crippen molar-refractivity contribution in [2.75, 3.05) is 19.6 Å². The fraction of sp³-hybridized carbons (Fsp3) is 0.714. The maximum atomic E-state index is 11.0. The summed E-state index contributed by atoms with van der Waals surface area (Å²) in [6.45, 7) is 1.69. The van der Waals surface area contributed by atoms with Crippen LogP contribution >= 0.6 is 0 Å². The van der Waals surface area contributed by atoms with Crippen LogP contribution in [-0.2, 0) is 4.79 Å². The molecule has 0 aliphatic carbocycles. The molecule has 6 nitrogen and oxygen atoms in total. The molecular formula is C7H14N4O2. The second kappa shape index (κ2) is 4.20. The fourth-order valence-electron chi connectivity index (χ4n) is 1.39. The third-order valence-corrected chi connectivity index (χ3v) is 1.94. The Morgan fingerprint density at radius 2 is 2.23 bits per heavy atom. The van der Waals surface area contributed by atoms with Crippen LogP contribution in [0.5, 0.6) is 0 Å². The summed E-state index contributed by atoms with van der Waals surface area (Å²) in [7, 11) is 0. The van der Waals surface area contributed by atoms with Crippen molar-refractivity contribution in [2.24, 2.45) is 11.5 Å². The predicted molar refractivity (Wildman–Crippen MR) is 46.8 cm³/mol. The van der Waals surface area contributed by atoms with Crippen molar-refractivity contribution in [1.82, 2.24) is 10.2 Å². The van der Waals surface area contributed by atoms with E-state index in [0.29, 0.717) is 6.54 Å². The first-order valence-electron chi connectivity index (χ1n) is 4.15. The molecule has 6 heteroatoms. The number of rotatable bonds is 2. The minimum absolute atomic E-state index is 0.140. The Kier molecular flexibility index (Phi) is 3.21.